The van der Waals surface area contributed by atoms with Crippen molar-refractivity contribution in [1.29, 1.82) is 0 Å². The lowest BCUT2D eigenvalue weighted by atomic mass is 9.84. The molecule has 1 heterocycles. The molecule has 1 fully saturated rings. The van der Waals surface area contributed by atoms with Gasteiger partial charge in [-0.3, -0.25) is 9.78 Å². The van der Waals surface area contributed by atoms with Gasteiger partial charge in [0.25, 0.3) is 7.48 Å². The third kappa shape index (κ3) is 7.39. The first-order chi connectivity index (χ1) is 16.9. The van der Waals surface area contributed by atoms with Crippen molar-refractivity contribution in [3.05, 3.63) is 84.7 Å². The summed E-state index contributed by atoms with van der Waals surface area (Å²) < 4.78 is 34.5. The molecule has 0 bridgehead atoms. The van der Waals surface area contributed by atoms with Gasteiger partial charge in [0.2, 0.25) is 15.9 Å². The Labute approximate surface area is 206 Å². The van der Waals surface area contributed by atoms with E-state index in [9.17, 15) is 18.2 Å². The number of hydrogen-bond acceptors (Lipinski definition) is 6. The smallest absolute Gasteiger partial charge is 0.293 e. The van der Waals surface area contributed by atoms with Crippen molar-refractivity contribution < 1.29 is 23.0 Å². The average Bonchev–Trinajstić information content (AvgIpc) is 3.69. The highest BCUT2D eigenvalue weighted by atomic mass is 32.2. The Balaban J connectivity index is 1.48. The lowest BCUT2D eigenvalue weighted by Crippen LogP contribution is -2.52. The van der Waals surface area contributed by atoms with E-state index >= 15 is 0 Å². The number of carbonyl (C=O) groups is 1. The second kappa shape index (κ2) is 11.5. The molecule has 1 amide bonds. The number of benzene rings is 2. The molecule has 0 radical (unpaired) electrons. The van der Waals surface area contributed by atoms with Crippen LogP contribution >= 0.6 is 0 Å². The van der Waals surface area contributed by atoms with Gasteiger partial charge in [0, 0.05) is 12.1 Å². The minimum absolute atomic E-state index is 0.0126. The minimum Gasteiger partial charge on any atom is -0.456 e. The largest absolute Gasteiger partial charge is 0.456 e. The Hall–Kier alpha value is -3.21. The molecule has 1 aliphatic rings. The summed E-state index contributed by atoms with van der Waals surface area (Å²) in [7, 11) is -4.20. The van der Waals surface area contributed by atoms with Crippen molar-refractivity contribution in [2.24, 2.45) is 5.92 Å². The lowest BCUT2D eigenvalue weighted by molar-refractivity contribution is -0.123. The monoisotopic (exact) mass is 493 g/mol. The number of carbonyl (C=O) groups excluding carboxylic acids is 1. The van der Waals surface area contributed by atoms with Crippen LogP contribution in [0.1, 0.15) is 24.8 Å². The molecule has 8 nitrogen and oxygen atoms in total. The molecule has 2 atom stereocenters. The fourth-order valence-electron chi connectivity index (χ4n) is 3.76. The van der Waals surface area contributed by atoms with Gasteiger partial charge in [0.05, 0.1) is 11.1 Å². The Morgan fingerprint density at radius 1 is 1.06 bits per heavy atom. The van der Waals surface area contributed by atoms with Gasteiger partial charge < -0.3 is 15.1 Å². The first-order valence-electron chi connectivity index (χ1n) is 11.6. The van der Waals surface area contributed by atoms with E-state index in [0.717, 1.165) is 18.4 Å². The fourth-order valence-corrected chi connectivity index (χ4v) is 4.96. The highest BCUT2D eigenvalue weighted by Crippen LogP contribution is 2.33. The van der Waals surface area contributed by atoms with Crippen LogP contribution in [0.4, 0.5) is 0 Å². The van der Waals surface area contributed by atoms with Crippen LogP contribution in [0.25, 0.3) is 0 Å². The number of rotatable bonds is 12. The zero-order chi connectivity index (χ0) is 24.7. The molecule has 3 aromatic rings. The SMILES string of the molecule is O=C(N[C@H](BO)CC1CC1)C(Cc1ccccc1)NS(=O)(=O)c1ccc(Oc2cccnc2)cc1. The zero-order valence-electron chi connectivity index (χ0n) is 19.2. The van der Waals surface area contributed by atoms with Crippen LogP contribution in [0.15, 0.2) is 84.0 Å². The van der Waals surface area contributed by atoms with Gasteiger partial charge in [0.15, 0.2) is 0 Å². The second-order valence-electron chi connectivity index (χ2n) is 8.69. The molecule has 2 aromatic carbocycles. The summed E-state index contributed by atoms with van der Waals surface area (Å²) in [4.78, 5) is 17.1. The van der Waals surface area contributed by atoms with Crippen LogP contribution in [0.5, 0.6) is 11.5 Å². The van der Waals surface area contributed by atoms with E-state index in [4.69, 9.17) is 4.74 Å². The quantitative estimate of drug-likeness (QED) is 0.334. The molecule has 35 heavy (non-hydrogen) atoms. The molecule has 3 N–H and O–H groups in total. The summed E-state index contributed by atoms with van der Waals surface area (Å²) in [6, 6.07) is 17.6. The molecule has 0 aliphatic heterocycles. The summed E-state index contributed by atoms with van der Waals surface area (Å²) in [5.41, 5.74) is 0.818. The molecule has 10 heteroatoms. The fraction of sp³-hybridized carbons (Fsp3) is 0.280. The van der Waals surface area contributed by atoms with Crippen LogP contribution in [0.2, 0.25) is 0 Å². The number of aromatic nitrogens is 1. The number of hydrogen-bond donors (Lipinski definition) is 3. The van der Waals surface area contributed by atoms with Crippen molar-refractivity contribution in [1.82, 2.24) is 15.0 Å². The van der Waals surface area contributed by atoms with Gasteiger partial charge in [-0.25, -0.2) is 8.42 Å². The Kier molecular flexibility index (Phi) is 8.17. The Bertz CT molecular complexity index is 1210. The van der Waals surface area contributed by atoms with E-state index in [0.29, 0.717) is 23.8 Å². The summed E-state index contributed by atoms with van der Waals surface area (Å²) >= 11 is 0. The van der Waals surface area contributed by atoms with Gasteiger partial charge >= 0.3 is 0 Å². The third-order valence-electron chi connectivity index (χ3n) is 5.78. The van der Waals surface area contributed by atoms with Crippen molar-refractivity contribution >= 4 is 23.4 Å². The van der Waals surface area contributed by atoms with Crippen LogP contribution in [-0.4, -0.2) is 43.8 Å². The topological polar surface area (TPSA) is 118 Å². The first-order valence-corrected chi connectivity index (χ1v) is 13.1. The van der Waals surface area contributed by atoms with Gasteiger partial charge in [-0.2, -0.15) is 4.72 Å². The van der Waals surface area contributed by atoms with Crippen molar-refractivity contribution in [2.45, 2.75) is 42.6 Å². The maximum atomic E-state index is 13.2. The van der Waals surface area contributed by atoms with Crippen LogP contribution in [-0.2, 0) is 21.2 Å². The molecular weight excluding hydrogens is 465 g/mol. The summed E-state index contributed by atoms with van der Waals surface area (Å²) in [5.74, 6) is 0.631. The standard InChI is InChI=1S/C25H28BN3O5S/c30-25(28-24(26-31)16-19-8-9-19)23(15-18-5-2-1-3-6-18)29-35(32,33)22-12-10-20(11-13-22)34-21-7-4-14-27-17-21/h1-7,10-14,17,19,23-24,26,29,31H,8-9,15-16H2,(H,28,30)/t23?,24-/m0/s1. The normalized spacial score (nSPS) is 15.1. The minimum atomic E-state index is -4.01. The van der Waals surface area contributed by atoms with Crippen molar-refractivity contribution in [2.75, 3.05) is 0 Å². The van der Waals surface area contributed by atoms with E-state index in [1.54, 1.807) is 36.7 Å². The van der Waals surface area contributed by atoms with E-state index < -0.39 is 27.9 Å². The Morgan fingerprint density at radius 3 is 2.43 bits per heavy atom. The number of amides is 1. The predicted molar refractivity (Wildman–Crippen MR) is 134 cm³/mol. The number of ether oxygens (including phenoxy) is 1. The number of pyridine rings is 1. The highest BCUT2D eigenvalue weighted by molar-refractivity contribution is 7.89. The Morgan fingerprint density at radius 2 is 1.80 bits per heavy atom. The molecule has 4 rings (SSSR count). The molecule has 0 saturated heterocycles. The molecule has 1 unspecified atom stereocenters. The van der Waals surface area contributed by atoms with Crippen LogP contribution in [0.3, 0.4) is 0 Å². The third-order valence-corrected chi connectivity index (χ3v) is 7.27. The predicted octanol–water partition coefficient (Wildman–Crippen LogP) is 2.35. The highest BCUT2D eigenvalue weighted by Gasteiger charge is 2.30. The summed E-state index contributed by atoms with van der Waals surface area (Å²) in [6.07, 6.45) is 6.23. The maximum absolute atomic E-state index is 13.2. The maximum Gasteiger partial charge on any atom is 0.293 e. The second-order valence-corrected chi connectivity index (χ2v) is 10.4. The van der Waals surface area contributed by atoms with E-state index in [-0.39, 0.29) is 18.8 Å². The zero-order valence-corrected chi connectivity index (χ0v) is 20.0. The number of nitrogens with one attached hydrogen (secondary N) is 2. The van der Waals surface area contributed by atoms with Crippen LogP contribution in [0, 0.1) is 5.92 Å². The number of nitrogens with zero attached hydrogens (tertiary/aromatic N) is 1. The van der Waals surface area contributed by atoms with E-state index in [1.165, 1.54) is 12.1 Å². The van der Waals surface area contributed by atoms with Crippen molar-refractivity contribution in [3.8, 4) is 11.5 Å². The molecule has 1 saturated carbocycles. The molecule has 1 aliphatic carbocycles. The van der Waals surface area contributed by atoms with Gasteiger partial charge in [0.1, 0.15) is 17.5 Å². The first kappa shape index (κ1) is 24.9. The number of sulfonamides is 1. The van der Waals surface area contributed by atoms with E-state index in [2.05, 4.69) is 15.0 Å². The van der Waals surface area contributed by atoms with Crippen LogP contribution < -0.4 is 14.8 Å². The summed E-state index contributed by atoms with van der Waals surface area (Å²) in [5, 5.41) is 12.5. The van der Waals surface area contributed by atoms with E-state index in [1.807, 2.05) is 30.3 Å². The molecule has 182 valence electrons. The van der Waals surface area contributed by atoms with Gasteiger partial charge in [-0.05, 0) is 60.7 Å². The molecule has 1 aromatic heterocycles. The van der Waals surface area contributed by atoms with Crippen molar-refractivity contribution in [3.63, 3.8) is 0 Å². The molecular formula is C25H28BN3O5S. The van der Waals surface area contributed by atoms with Gasteiger partial charge in [-0.15, -0.1) is 0 Å². The lowest BCUT2D eigenvalue weighted by Gasteiger charge is -2.22. The average molecular weight is 493 g/mol. The summed E-state index contributed by atoms with van der Waals surface area (Å²) in [6.45, 7) is 0. The molecule has 0 spiro atoms. The van der Waals surface area contributed by atoms with Gasteiger partial charge in [-0.1, -0.05) is 43.2 Å².